The molecule has 8 aromatic rings. The second kappa shape index (κ2) is 17.7. The molecule has 0 spiro atoms. The molecule has 0 aliphatic carbocycles. The van der Waals surface area contributed by atoms with Crippen molar-refractivity contribution in [2.24, 2.45) is 18.1 Å². The molecule has 64 heavy (non-hydrogen) atoms. The van der Waals surface area contributed by atoms with Crippen LogP contribution in [0, 0.1) is 0 Å². The Labute approximate surface area is 370 Å². The van der Waals surface area contributed by atoms with E-state index < -0.39 is 29.5 Å². The summed E-state index contributed by atoms with van der Waals surface area (Å²) in [6.07, 6.45) is 0. The summed E-state index contributed by atoms with van der Waals surface area (Å²) in [6, 6.07) is 60.0. The summed E-state index contributed by atoms with van der Waals surface area (Å²) in [5.41, 5.74) is 0. The van der Waals surface area contributed by atoms with E-state index in [1.165, 1.54) is 36.4 Å². The highest BCUT2D eigenvalue weighted by molar-refractivity contribution is 7.94. The average Bonchev–Trinajstić information content (AvgIpc) is 3.30. The minimum Gasteiger partial charge on any atom is -0.508 e. The molecular weight excluding hydrogens is 884 g/mol. The second-order valence-corrected chi connectivity index (χ2v) is 24.8. The Bertz CT molecular complexity index is 3010. The highest BCUT2D eigenvalue weighted by atomic mass is 31.3. The summed E-state index contributed by atoms with van der Waals surface area (Å²) < 4.78 is 45.8. The minimum atomic E-state index is -4.07. The molecule has 9 rings (SSSR count). The van der Waals surface area contributed by atoms with E-state index in [1.807, 2.05) is 54.6 Å². The number of benzene rings is 8. The maximum absolute atomic E-state index is 10.8. The first kappa shape index (κ1) is 42.4. The second-order valence-electron chi connectivity index (χ2n) is 14.4. The normalized spacial score (nSPS) is 20.1. The number of hydrogen-bond acceptors (Lipinski definition) is 12. The Morgan fingerprint density at radius 2 is 0.484 bits per heavy atom. The van der Waals surface area contributed by atoms with Crippen molar-refractivity contribution in [3.05, 3.63) is 212 Å². The van der Waals surface area contributed by atoms with Gasteiger partial charge in [0.15, 0.2) is 0 Å². The molecule has 0 saturated heterocycles. The summed E-state index contributed by atoms with van der Waals surface area (Å²) in [6.45, 7) is 0. The highest BCUT2D eigenvalue weighted by Gasteiger charge is 2.45. The number of phenols is 5. The topological polar surface area (TPSA) is 178 Å². The molecule has 1 aliphatic heterocycles. The smallest absolute Gasteiger partial charge is 0.288 e. The van der Waals surface area contributed by atoms with Gasteiger partial charge >= 0.3 is 0 Å². The van der Waals surface area contributed by atoms with Gasteiger partial charge in [0.05, 0.1) is 15.9 Å². The monoisotopic (exact) mass is 924 g/mol. The Morgan fingerprint density at radius 1 is 0.250 bits per heavy atom. The van der Waals surface area contributed by atoms with Crippen LogP contribution in [0.1, 0.15) is 0 Å². The van der Waals surface area contributed by atoms with Crippen LogP contribution >= 0.6 is 29.5 Å². The zero-order valence-electron chi connectivity index (χ0n) is 33.7. The molecular formula is C48H40N4O8P4. The van der Waals surface area contributed by atoms with Crippen molar-refractivity contribution in [3.8, 4) is 46.0 Å². The van der Waals surface area contributed by atoms with Gasteiger partial charge in [-0.1, -0.05) is 54.6 Å². The van der Waals surface area contributed by atoms with Crippen molar-refractivity contribution >= 4 is 56.0 Å². The molecule has 0 bridgehead atoms. The van der Waals surface area contributed by atoms with Gasteiger partial charge in [0.1, 0.15) is 53.2 Å². The van der Waals surface area contributed by atoms with Crippen LogP contribution in [0.4, 0.5) is 0 Å². The minimum absolute atomic E-state index is 0.00261. The Balaban J connectivity index is 1.60. The number of nitrogens with zero attached hydrogens (tertiary/aromatic N) is 4. The third-order valence-corrected chi connectivity index (χ3v) is 24.1. The fourth-order valence-electron chi connectivity index (χ4n) is 6.83. The largest absolute Gasteiger partial charge is 0.508 e. The predicted octanol–water partition coefficient (Wildman–Crippen LogP) is 11.6. The first-order valence-corrected chi connectivity index (χ1v) is 26.4. The number of rotatable bonds is 11. The predicted molar refractivity (Wildman–Crippen MR) is 257 cm³/mol. The molecule has 5 N–H and O–H groups in total. The number of aromatic hydroxyl groups is 5. The highest BCUT2D eigenvalue weighted by Crippen LogP contribution is 2.77. The summed E-state index contributed by atoms with van der Waals surface area (Å²) >= 11 is 0. The van der Waals surface area contributed by atoms with Crippen LogP contribution in [0.2, 0.25) is 0 Å². The Kier molecular flexibility index (Phi) is 11.7. The average molecular weight is 925 g/mol. The van der Waals surface area contributed by atoms with Gasteiger partial charge in [-0.05, 0) is 158 Å². The molecule has 0 aromatic heterocycles. The maximum atomic E-state index is 10.8. The molecule has 12 nitrogen and oxygen atoms in total. The van der Waals surface area contributed by atoms with E-state index >= 15 is 0 Å². The lowest BCUT2D eigenvalue weighted by Crippen LogP contribution is -2.21. The van der Waals surface area contributed by atoms with Crippen LogP contribution in [0.15, 0.2) is 230 Å². The van der Waals surface area contributed by atoms with E-state index in [-0.39, 0.29) is 28.7 Å². The van der Waals surface area contributed by atoms with Gasteiger partial charge in [0.2, 0.25) is 0 Å². The van der Waals surface area contributed by atoms with Gasteiger partial charge in [0.25, 0.3) is 22.3 Å². The van der Waals surface area contributed by atoms with Crippen molar-refractivity contribution in [2.45, 2.75) is 0 Å². The molecule has 0 saturated carbocycles. The van der Waals surface area contributed by atoms with Crippen LogP contribution in [0.3, 0.4) is 0 Å². The molecule has 16 heteroatoms. The van der Waals surface area contributed by atoms with Crippen molar-refractivity contribution < 1.29 is 39.1 Å². The van der Waals surface area contributed by atoms with Crippen LogP contribution < -0.4 is 40.1 Å². The van der Waals surface area contributed by atoms with Crippen LogP contribution in [0.25, 0.3) is 0 Å². The zero-order chi connectivity index (χ0) is 44.2. The fourth-order valence-corrected chi connectivity index (χ4v) is 23.7. The SMILES string of the molecule is Oc1ccc(P2(Oc3ccccc3)=NP(Oc3ccccc3)(c3ccc(O)cc3)=NP(c3ccc(O)cc3)(c3ccc(O)cc3)=NP(Oc3ccccc3)(c3ccc(O)cc3)=N2)cc1. The lowest BCUT2D eigenvalue weighted by atomic mass is 10.3. The standard InChI is InChI=1S/C48H40N4O8P4/c53-36-16-26-44(27-17-36)61(45-28-18-37(54)19-29-45)49-62(46-30-20-38(55)21-31-46,58-41-10-4-1-5-11-41)51-64(48-34-24-40(57)25-35-48,60-43-14-8-3-9-15-43)52-63(50-61,47-32-22-39(56)23-33-47)59-42-12-6-2-7-13-42/h1-35,53-57H. The summed E-state index contributed by atoms with van der Waals surface area (Å²) in [4.78, 5) is 0. The van der Waals surface area contributed by atoms with Gasteiger partial charge in [-0.2, -0.15) is 18.1 Å². The number of hydrogen-bond donors (Lipinski definition) is 5. The quantitative estimate of drug-likeness (QED) is 0.0796. The lowest BCUT2D eigenvalue weighted by molar-refractivity contribution is 0.475. The van der Waals surface area contributed by atoms with E-state index in [2.05, 4.69) is 0 Å². The molecule has 0 radical (unpaired) electrons. The fraction of sp³-hybridized carbons (Fsp3) is 0. The Morgan fingerprint density at radius 3 is 0.766 bits per heavy atom. The number of phenolic OH excluding ortho intramolecular Hbond substituents is 5. The van der Waals surface area contributed by atoms with Crippen molar-refractivity contribution in [1.82, 2.24) is 0 Å². The molecule has 3 unspecified atom stereocenters. The van der Waals surface area contributed by atoms with E-state index in [1.54, 1.807) is 121 Å². The first-order chi connectivity index (χ1) is 31.1. The van der Waals surface area contributed by atoms with E-state index in [9.17, 15) is 25.5 Å². The van der Waals surface area contributed by atoms with Gasteiger partial charge in [0, 0.05) is 10.6 Å². The summed E-state index contributed by atoms with van der Waals surface area (Å²) in [5, 5.41) is 56.3. The van der Waals surface area contributed by atoms with Gasteiger partial charge in [-0.15, -0.1) is 0 Å². The molecule has 0 amide bonds. The van der Waals surface area contributed by atoms with Gasteiger partial charge in [-0.25, -0.2) is 0 Å². The van der Waals surface area contributed by atoms with Gasteiger partial charge in [-0.3, -0.25) is 0 Å². The van der Waals surface area contributed by atoms with Crippen LogP contribution in [-0.2, 0) is 0 Å². The summed E-state index contributed by atoms with van der Waals surface area (Å²) in [7, 11) is -16.0. The summed E-state index contributed by atoms with van der Waals surface area (Å²) in [5.74, 6) is 1.22. The molecule has 1 aliphatic rings. The third kappa shape index (κ3) is 8.70. The molecule has 0 fully saturated rings. The van der Waals surface area contributed by atoms with Crippen LogP contribution in [0.5, 0.6) is 46.0 Å². The number of para-hydroxylation sites is 3. The molecule has 3 atom stereocenters. The van der Waals surface area contributed by atoms with Crippen molar-refractivity contribution in [2.75, 3.05) is 0 Å². The Hall–Kier alpha value is -6.92. The first-order valence-electron chi connectivity index (χ1n) is 19.8. The molecule has 1 heterocycles. The maximum Gasteiger partial charge on any atom is 0.288 e. The lowest BCUT2D eigenvalue weighted by Gasteiger charge is -2.36. The van der Waals surface area contributed by atoms with Crippen LogP contribution in [-0.4, -0.2) is 25.5 Å². The van der Waals surface area contributed by atoms with Gasteiger partial charge < -0.3 is 39.1 Å². The molecule has 320 valence electrons. The molecule has 8 aromatic carbocycles. The van der Waals surface area contributed by atoms with E-state index in [4.69, 9.17) is 31.6 Å². The van der Waals surface area contributed by atoms with Crippen molar-refractivity contribution in [1.29, 1.82) is 0 Å². The van der Waals surface area contributed by atoms with Crippen molar-refractivity contribution in [3.63, 3.8) is 0 Å². The third-order valence-electron chi connectivity index (χ3n) is 9.89. The zero-order valence-corrected chi connectivity index (χ0v) is 37.3. The van der Waals surface area contributed by atoms with E-state index in [0.29, 0.717) is 43.8 Å². The van der Waals surface area contributed by atoms with E-state index in [0.717, 1.165) is 0 Å².